The Labute approximate surface area is 135 Å². The van der Waals surface area contributed by atoms with Crippen molar-refractivity contribution in [1.82, 2.24) is 14.8 Å². The second-order valence-electron chi connectivity index (χ2n) is 5.84. The van der Waals surface area contributed by atoms with Crippen LogP contribution in [0, 0.1) is 13.8 Å². The van der Waals surface area contributed by atoms with Crippen LogP contribution in [-0.4, -0.2) is 20.7 Å². The van der Waals surface area contributed by atoms with Crippen LogP contribution in [0.2, 0.25) is 0 Å². The second-order valence-corrected chi connectivity index (χ2v) is 5.84. The fraction of sp³-hybridized carbons (Fsp3) is 0.278. The van der Waals surface area contributed by atoms with Crippen molar-refractivity contribution in [3.8, 4) is 0 Å². The predicted octanol–water partition coefficient (Wildman–Crippen LogP) is 3.16. The fourth-order valence-corrected chi connectivity index (χ4v) is 2.61. The summed E-state index contributed by atoms with van der Waals surface area (Å²) in [5.41, 5.74) is 4.83. The molecule has 1 N–H and O–H groups in total. The molecule has 0 fully saturated rings. The monoisotopic (exact) mass is 308 g/mol. The molecule has 1 aromatic carbocycles. The maximum atomic E-state index is 12.1. The van der Waals surface area contributed by atoms with E-state index in [1.54, 1.807) is 10.9 Å². The lowest BCUT2D eigenvalue weighted by Gasteiger charge is -2.06. The standard InChI is InChI=1S/C18H20N4O/c1-12-4-6-14(7-5-12)8-9-17(23)20-15-10-16-13(2)21-22(3)18(16)19-11-15/h4-7,10-11H,8-9H2,1-3H3,(H,20,23). The van der Waals surface area contributed by atoms with Crippen molar-refractivity contribution in [2.75, 3.05) is 5.32 Å². The summed E-state index contributed by atoms with van der Waals surface area (Å²) in [4.78, 5) is 16.5. The molecule has 5 nitrogen and oxygen atoms in total. The number of hydrogen-bond acceptors (Lipinski definition) is 3. The van der Waals surface area contributed by atoms with E-state index in [-0.39, 0.29) is 5.91 Å². The lowest BCUT2D eigenvalue weighted by Crippen LogP contribution is -2.12. The first-order valence-corrected chi connectivity index (χ1v) is 7.67. The van der Waals surface area contributed by atoms with E-state index in [9.17, 15) is 4.79 Å². The summed E-state index contributed by atoms with van der Waals surface area (Å²) in [6.07, 6.45) is 2.86. The molecule has 0 spiro atoms. The van der Waals surface area contributed by atoms with Gasteiger partial charge < -0.3 is 5.32 Å². The van der Waals surface area contributed by atoms with Gasteiger partial charge in [-0.2, -0.15) is 5.10 Å². The lowest BCUT2D eigenvalue weighted by atomic mass is 10.1. The molecule has 23 heavy (non-hydrogen) atoms. The number of aryl methyl sites for hydroxylation is 4. The molecule has 0 saturated carbocycles. The van der Waals surface area contributed by atoms with Gasteiger partial charge in [-0.05, 0) is 31.9 Å². The molecule has 118 valence electrons. The number of aromatic nitrogens is 3. The molecule has 0 aliphatic heterocycles. The highest BCUT2D eigenvalue weighted by Crippen LogP contribution is 2.19. The molecule has 5 heteroatoms. The molecule has 0 aliphatic rings. The number of anilines is 1. The smallest absolute Gasteiger partial charge is 0.224 e. The van der Waals surface area contributed by atoms with Gasteiger partial charge in [0.15, 0.2) is 5.65 Å². The third kappa shape index (κ3) is 3.39. The highest BCUT2D eigenvalue weighted by atomic mass is 16.1. The van der Waals surface area contributed by atoms with E-state index in [1.165, 1.54) is 11.1 Å². The summed E-state index contributed by atoms with van der Waals surface area (Å²) >= 11 is 0. The van der Waals surface area contributed by atoms with Crippen LogP contribution in [0.25, 0.3) is 11.0 Å². The predicted molar refractivity (Wildman–Crippen MR) is 91.4 cm³/mol. The van der Waals surface area contributed by atoms with Crippen molar-refractivity contribution in [1.29, 1.82) is 0 Å². The van der Waals surface area contributed by atoms with Crippen molar-refractivity contribution in [3.05, 3.63) is 53.3 Å². The van der Waals surface area contributed by atoms with Crippen molar-refractivity contribution in [2.24, 2.45) is 7.05 Å². The first-order valence-electron chi connectivity index (χ1n) is 7.67. The summed E-state index contributed by atoms with van der Waals surface area (Å²) in [7, 11) is 1.86. The summed E-state index contributed by atoms with van der Waals surface area (Å²) in [5.74, 6) is -0.00623. The summed E-state index contributed by atoms with van der Waals surface area (Å²) in [6.45, 7) is 3.99. The van der Waals surface area contributed by atoms with Crippen LogP contribution in [0.1, 0.15) is 23.2 Å². The van der Waals surface area contributed by atoms with Crippen molar-refractivity contribution >= 4 is 22.6 Å². The van der Waals surface area contributed by atoms with Crippen LogP contribution >= 0.6 is 0 Å². The van der Waals surface area contributed by atoms with Crippen molar-refractivity contribution in [2.45, 2.75) is 26.7 Å². The van der Waals surface area contributed by atoms with Crippen LogP contribution in [0.3, 0.4) is 0 Å². The van der Waals surface area contributed by atoms with E-state index in [0.717, 1.165) is 23.1 Å². The van der Waals surface area contributed by atoms with Gasteiger partial charge in [-0.1, -0.05) is 29.8 Å². The van der Waals surface area contributed by atoms with E-state index in [2.05, 4.69) is 46.6 Å². The van der Waals surface area contributed by atoms with E-state index in [1.807, 2.05) is 20.0 Å². The molecule has 0 bridgehead atoms. The number of hydrogen-bond donors (Lipinski definition) is 1. The normalized spacial score (nSPS) is 10.9. The first-order chi connectivity index (χ1) is 11.0. The number of carbonyl (C=O) groups is 1. The van der Waals surface area contributed by atoms with Gasteiger partial charge in [0, 0.05) is 18.9 Å². The Morgan fingerprint density at radius 2 is 1.96 bits per heavy atom. The fourth-order valence-electron chi connectivity index (χ4n) is 2.61. The first kappa shape index (κ1) is 15.2. The highest BCUT2D eigenvalue weighted by molar-refractivity contribution is 5.93. The van der Waals surface area contributed by atoms with Gasteiger partial charge in [-0.3, -0.25) is 9.48 Å². The maximum Gasteiger partial charge on any atom is 0.224 e. The minimum atomic E-state index is -0.00623. The average molecular weight is 308 g/mol. The Morgan fingerprint density at radius 3 is 2.70 bits per heavy atom. The highest BCUT2D eigenvalue weighted by Gasteiger charge is 2.09. The molecule has 0 aliphatic carbocycles. The Morgan fingerprint density at radius 1 is 1.22 bits per heavy atom. The molecule has 0 atom stereocenters. The Hall–Kier alpha value is -2.69. The number of benzene rings is 1. The quantitative estimate of drug-likeness (QED) is 0.805. The number of nitrogens with one attached hydrogen (secondary N) is 1. The van der Waals surface area contributed by atoms with Crippen LogP contribution in [0.5, 0.6) is 0 Å². The van der Waals surface area contributed by atoms with Crippen molar-refractivity contribution in [3.63, 3.8) is 0 Å². The average Bonchev–Trinajstić information content (AvgIpc) is 2.81. The number of amides is 1. The maximum absolute atomic E-state index is 12.1. The molecular weight excluding hydrogens is 288 g/mol. The summed E-state index contributed by atoms with van der Waals surface area (Å²) in [5, 5.41) is 8.21. The minimum absolute atomic E-state index is 0.00623. The Kier molecular flexibility index (Phi) is 4.10. The molecule has 3 rings (SSSR count). The van der Waals surface area contributed by atoms with Crippen LogP contribution in [0.15, 0.2) is 36.5 Å². The number of carbonyl (C=O) groups excluding carboxylic acids is 1. The van der Waals surface area contributed by atoms with Gasteiger partial charge in [-0.25, -0.2) is 4.98 Å². The largest absolute Gasteiger partial charge is 0.325 e. The molecule has 3 aromatic rings. The second kappa shape index (κ2) is 6.20. The van der Waals surface area contributed by atoms with Gasteiger partial charge in [0.2, 0.25) is 5.91 Å². The van der Waals surface area contributed by atoms with Gasteiger partial charge >= 0.3 is 0 Å². The van der Waals surface area contributed by atoms with Gasteiger partial charge in [0.05, 0.1) is 17.6 Å². The number of fused-ring (bicyclic) bond motifs is 1. The summed E-state index contributed by atoms with van der Waals surface area (Å²) in [6, 6.07) is 10.2. The third-order valence-electron chi connectivity index (χ3n) is 3.91. The molecule has 0 saturated heterocycles. The molecule has 0 radical (unpaired) electrons. The summed E-state index contributed by atoms with van der Waals surface area (Å²) < 4.78 is 1.74. The SMILES string of the molecule is Cc1ccc(CCC(=O)Nc2cnc3c(c2)c(C)nn3C)cc1. The number of rotatable bonds is 4. The van der Waals surface area contributed by atoms with Crippen LogP contribution in [0.4, 0.5) is 5.69 Å². The molecule has 2 aromatic heterocycles. The zero-order chi connectivity index (χ0) is 16.4. The van der Waals surface area contributed by atoms with Gasteiger partial charge in [0.1, 0.15) is 0 Å². The van der Waals surface area contributed by atoms with E-state index in [4.69, 9.17) is 0 Å². The Balaban J connectivity index is 1.65. The van der Waals surface area contributed by atoms with E-state index in [0.29, 0.717) is 12.1 Å². The molecule has 0 unspecified atom stereocenters. The number of nitrogens with zero attached hydrogens (tertiary/aromatic N) is 3. The minimum Gasteiger partial charge on any atom is -0.325 e. The van der Waals surface area contributed by atoms with E-state index >= 15 is 0 Å². The van der Waals surface area contributed by atoms with Gasteiger partial charge in [0.25, 0.3) is 0 Å². The van der Waals surface area contributed by atoms with Crippen molar-refractivity contribution < 1.29 is 4.79 Å². The lowest BCUT2D eigenvalue weighted by molar-refractivity contribution is -0.116. The Bertz CT molecular complexity index is 849. The number of pyridine rings is 1. The zero-order valence-electron chi connectivity index (χ0n) is 13.6. The molecule has 2 heterocycles. The third-order valence-corrected chi connectivity index (χ3v) is 3.91. The molecular formula is C18H20N4O. The van der Waals surface area contributed by atoms with Crippen LogP contribution in [-0.2, 0) is 18.3 Å². The molecule has 1 amide bonds. The van der Waals surface area contributed by atoms with Gasteiger partial charge in [-0.15, -0.1) is 0 Å². The zero-order valence-corrected chi connectivity index (χ0v) is 13.6. The topological polar surface area (TPSA) is 59.8 Å². The van der Waals surface area contributed by atoms with Crippen LogP contribution < -0.4 is 5.32 Å². The van der Waals surface area contributed by atoms with E-state index < -0.39 is 0 Å².